The number of aromatic nitrogens is 1. The number of carbonyl (C=O) groups excluding carboxylic acids is 1. The van der Waals surface area contributed by atoms with E-state index < -0.39 is 0 Å². The summed E-state index contributed by atoms with van der Waals surface area (Å²) in [5.41, 5.74) is 6.46. The first-order valence-electron chi connectivity index (χ1n) is 5.87. The summed E-state index contributed by atoms with van der Waals surface area (Å²) in [6.45, 7) is 2.47. The first-order valence-corrected chi connectivity index (χ1v) is 7.07. The molecule has 100 valence electrons. The Balaban J connectivity index is 2.03. The number of thiazole rings is 1. The van der Waals surface area contributed by atoms with Crippen molar-refractivity contribution in [1.82, 2.24) is 10.3 Å². The van der Waals surface area contributed by atoms with E-state index in [0.717, 1.165) is 11.4 Å². The predicted molar refractivity (Wildman–Crippen MR) is 78.5 cm³/mol. The van der Waals surface area contributed by atoms with Crippen LogP contribution in [0.1, 0.15) is 27.2 Å². The molecule has 0 fully saturated rings. The maximum Gasteiger partial charge on any atom is 0.253 e. The lowest BCUT2D eigenvalue weighted by Crippen LogP contribution is -2.23. The summed E-state index contributed by atoms with van der Waals surface area (Å²) >= 11 is 7.48. The number of aryl methyl sites for hydroxylation is 1. The zero-order valence-electron chi connectivity index (χ0n) is 10.4. The molecule has 1 heterocycles. The van der Waals surface area contributed by atoms with Gasteiger partial charge in [0.15, 0.2) is 0 Å². The van der Waals surface area contributed by atoms with Crippen LogP contribution in [0.2, 0.25) is 5.02 Å². The molecule has 0 aliphatic rings. The second-order valence-electron chi connectivity index (χ2n) is 3.96. The third kappa shape index (κ3) is 3.24. The van der Waals surface area contributed by atoms with E-state index in [1.807, 2.05) is 6.20 Å². The standard InChI is InChI=1S/C13H14ClN3OS/c1-2-8-6-16-11(19-8)7-17-13(18)9-4-3-5-10(14)12(9)15/h3-6H,2,7,15H2,1H3,(H,17,18). The lowest BCUT2D eigenvalue weighted by molar-refractivity contribution is 0.0952. The molecule has 1 aromatic heterocycles. The van der Waals surface area contributed by atoms with Crippen LogP contribution in [-0.2, 0) is 13.0 Å². The molecular formula is C13H14ClN3OS. The summed E-state index contributed by atoms with van der Waals surface area (Å²) in [5, 5.41) is 4.06. The van der Waals surface area contributed by atoms with Gasteiger partial charge in [-0.2, -0.15) is 0 Å². The fraction of sp³-hybridized carbons (Fsp3) is 0.231. The topological polar surface area (TPSA) is 68.0 Å². The van der Waals surface area contributed by atoms with Gasteiger partial charge in [0.1, 0.15) is 5.01 Å². The van der Waals surface area contributed by atoms with Crippen LogP contribution in [0.4, 0.5) is 5.69 Å². The molecule has 2 rings (SSSR count). The van der Waals surface area contributed by atoms with Crippen molar-refractivity contribution in [2.75, 3.05) is 5.73 Å². The molecule has 0 unspecified atom stereocenters. The van der Waals surface area contributed by atoms with Crippen LogP contribution < -0.4 is 11.1 Å². The lowest BCUT2D eigenvalue weighted by Gasteiger charge is -2.07. The monoisotopic (exact) mass is 295 g/mol. The third-order valence-corrected chi connectivity index (χ3v) is 4.12. The van der Waals surface area contributed by atoms with E-state index in [4.69, 9.17) is 17.3 Å². The van der Waals surface area contributed by atoms with Crippen molar-refractivity contribution in [1.29, 1.82) is 0 Å². The first kappa shape index (κ1) is 13.8. The molecule has 4 nitrogen and oxygen atoms in total. The molecule has 6 heteroatoms. The molecule has 0 aliphatic heterocycles. The van der Waals surface area contributed by atoms with E-state index in [9.17, 15) is 4.79 Å². The van der Waals surface area contributed by atoms with E-state index in [1.165, 1.54) is 4.88 Å². The summed E-state index contributed by atoms with van der Waals surface area (Å²) in [7, 11) is 0. The van der Waals surface area contributed by atoms with Gasteiger partial charge < -0.3 is 11.1 Å². The van der Waals surface area contributed by atoms with E-state index in [2.05, 4.69) is 17.2 Å². The fourth-order valence-corrected chi connectivity index (χ4v) is 2.56. The third-order valence-electron chi connectivity index (χ3n) is 2.65. The van der Waals surface area contributed by atoms with Crippen LogP contribution >= 0.6 is 22.9 Å². The predicted octanol–water partition coefficient (Wildman–Crippen LogP) is 2.87. The van der Waals surface area contributed by atoms with Crippen LogP contribution in [0.25, 0.3) is 0 Å². The molecule has 0 atom stereocenters. The number of anilines is 1. The quantitative estimate of drug-likeness (QED) is 0.852. The maximum atomic E-state index is 12.0. The molecule has 0 radical (unpaired) electrons. The molecule has 1 aromatic carbocycles. The number of carbonyl (C=O) groups is 1. The van der Waals surface area contributed by atoms with Crippen molar-refractivity contribution < 1.29 is 4.79 Å². The summed E-state index contributed by atoms with van der Waals surface area (Å²) in [5.74, 6) is -0.242. The number of para-hydroxylation sites is 1. The smallest absolute Gasteiger partial charge is 0.253 e. The van der Waals surface area contributed by atoms with Crippen LogP contribution in [0.15, 0.2) is 24.4 Å². The highest BCUT2D eigenvalue weighted by atomic mass is 35.5. The van der Waals surface area contributed by atoms with Crippen LogP contribution in [0.5, 0.6) is 0 Å². The number of nitrogens with zero attached hydrogens (tertiary/aromatic N) is 1. The lowest BCUT2D eigenvalue weighted by atomic mass is 10.1. The number of hydrogen-bond acceptors (Lipinski definition) is 4. The number of nitrogen functional groups attached to an aromatic ring is 1. The van der Waals surface area contributed by atoms with Crippen molar-refractivity contribution in [3.05, 3.63) is 44.9 Å². The number of amides is 1. The van der Waals surface area contributed by atoms with Crippen molar-refractivity contribution in [2.45, 2.75) is 19.9 Å². The van der Waals surface area contributed by atoms with Gasteiger partial charge in [0.2, 0.25) is 0 Å². The van der Waals surface area contributed by atoms with Crippen molar-refractivity contribution in [2.24, 2.45) is 0 Å². The number of hydrogen-bond donors (Lipinski definition) is 2. The zero-order valence-corrected chi connectivity index (χ0v) is 12.0. The van der Waals surface area contributed by atoms with Gasteiger partial charge in [-0.3, -0.25) is 4.79 Å². The van der Waals surface area contributed by atoms with Gasteiger partial charge in [0.05, 0.1) is 22.8 Å². The number of rotatable bonds is 4. The Kier molecular flexibility index (Phi) is 4.39. The highest BCUT2D eigenvalue weighted by Gasteiger charge is 2.12. The molecule has 0 saturated heterocycles. The molecule has 0 aliphatic carbocycles. The molecule has 2 aromatic rings. The second kappa shape index (κ2) is 6.04. The first-order chi connectivity index (χ1) is 9.11. The van der Waals surface area contributed by atoms with Crippen LogP contribution in [0.3, 0.4) is 0 Å². The molecule has 0 bridgehead atoms. The maximum absolute atomic E-state index is 12.0. The average molecular weight is 296 g/mol. The second-order valence-corrected chi connectivity index (χ2v) is 5.56. The molecule has 0 saturated carbocycles. The SMILES string of the molecule is CCc1cnc(CNC(=O)c2cccc(Cl)c2N)s1. The highest BCUT2D eigenvalue weighted by molar-refractivity contribution is 7.11. The average Bonchev–Trinajstić information content (AvgIpc) is 2.87. The Morgan fingerprint density at radius 1 is 1.53 bits per heavy atom. The van der Waals surface area contributed by atoms with Gasteiger partial charge in [-0.15, -0.1) is 11.3 Å². The summed E-state index contributed by atoms with van der Waals surface area (Å²) in [4.78, 5) is 17.4. The van der Waals surface area contributed by atoms with E-state index in [0.29, 0.717) is 22.8 Å². The van der Waals surface area contributed by atoms with Gasteiger partial charge in [-0.1, -0.05) is 24.6 Å². The fourth-order valence-electron chi connectivity index (χ4n) is 1.58. The van der Waals surface area contributed by atoms with Gasteiger partial charge in [0.25, 0.3) is 5.91 Å². The molecule has 19 heavy (non-hydrogen) atoms. The summed E-state index contributed by atoms with van der Waals surface area (Å²) in [6, 6.07) is 5.00. The van der Waals surface area contributed by atoms with Gasteiger partial charge in [0, 0.05) is 11.1 Å². The van der Waals surface area contributed by atoms with Crippen molar-refractivity contribution in [3.8, 4) is 0 Å². The van der Waals surface area contributed by atoms with Gasteiger partial charge in [-0.05, 0) is 18.6 Å². The Labute approximate surface area is 120 Å². The zero-order chi connectivity index (χ0) is 13.8. The minimum absolute atomic E-state index is 0.242. The number of nitrogens with two attached hydrogens (primary N) is 1. The Hall–Kier alpha value is -1.59. The summed E-state index contributed by atoms with van der Waals surface area (Å²) < 4.78 is 0. The number of benzene rings is 1. The van der Waals surface area contributed by atoms with E-state index in [1.54, 1.807) is 29.5 Å². The van der Waals surface area contributed by atoms with E-state index >= 15 is 0 Å². The normalized spacial score (nSPS) is 10.4. The number of nitrogens with one attached hydrogen (secondary N) is 1. The van der Waals surface area contributed by atoms with Crippen LogP contribution in [0, 0.1) is 0 Å². The van der Waals surface area contributed by atoms with Gasteiger partial charge >= 0.3 is 0 Å². The Bertz CT molecular complexity index is 597. The molecular weight excluding hydrogens is 282 g/mol. The number of halogens is 1. The molecule has 1 amide bonds. The van der Waals surface area contributed by atoms with Crippen molar-refractivity contribution in [3.63, 3.8) is 0 Å². The molecule has 0 spiro atoms. The molecule has 3 N–H and O–H groups in total. The summed E-state index contributed by atoms with van der Waals surface area (Å²) in [6.07, 6.45) is 2.78. The minimum Gasteiger partial charge on any atom is -0.397 e. The Morgan fingerprint density at radius 3 is 3.00 bits per heavy atom. The van der Waals surface area contributed by atoms with E-state index in [-0.39, 0.29) is 5.91 Å². The van der Waals surface area contributed by atoms with Crippen LogP contribution in [-0.4, -0.2) is 10.9 Å². The van der Waals surface area contributed by atoms with Gasteiger partial charge in [-0.25, -0.2) is 4.98 Å². The highest BCUT2D eigenvalue weighted by Crippen LogP contribution is 2.22. The van der Waals surface area contributed by atoms with Crippen molar-refractivity contribution >= 4 is 34.5 Å². The minimum atomic E-state index is -0.242. The largest absolute Gasteiger partial charge is 0.397 e. The Morgan fingerprint density at radius 2 is 2.32 bits per heavy atom.